The highest BCUT2D eigenvalue weighted by molar-refractivity contribution is 5.37. The van der Waals surface area contributed by atoms with Gasteiger partial charge in [0.15, 0.2) is 0 Å². The maximum absolute atomic E-state index is 3.34. The Morgan fingerprint density at radius 2 is 1.79 bits per heavy atom. The van der Waals surface area contributed by atoms with Gasteiger partial charge in [0.1, 0.15) is 0 Å². The van der Waals surface area contributed by atoms with E-state index in [1.54, 1.807) is 5.56 Å². The molecule has 1 aliphatic rings. The predicted octanol–water partition coefficient (Wildman–Crippen LogP) is 2.67. The van der Waals surface area contributed by atoms with E-state index in [0.29, 0.717) is 0 Å². The van der Waals surface area contributed by atoms with E-state index in [2.05, 4.69) is 50.4 Å². The summed E-state index contributed by atoms with van der Waals surface area (Å²) in [5.74, 6) is 0.741. The molecule has 0 amide bonds. The fourth-order valence-corrected chi connectivity index (χ4v) is 2.04. The standard InChI is InChI=1S/C13H19N/c1-13(2,3)12-7-5-4-6-11(12)10-8-14-9-10/h4-7,10,14H,8-9H2,1-3H3. The van der Waals surface area contributed by atoms with Gasteiger partial charge in [-0.15, -0.1) is 0 Å². The first-order valence-corrected chi connectivity index (χ1v) is 5.39. The second-order valence-corrected chi connectivity index (χ2v) is 5.19. The Morgan fingerprint density at radius 1 is 1.14 bits per heavy atom. The molecule has 0 saturated carbocycles. The highest BCUT2D eigenvalue weighted by atomic mass is 14.9. The van der Waals surface area contributed by atoms with E-state index in [1.807, 2.05) is 0 Å². The first-order chi connectivity index (χ1) is 6.59. The number of rotatable bonds is 1. The Balaban J connectivity index is 2.38. The van der Waals surface area contributed by atoms with Crippen molar-refractivity contribution < 1.29 is 0 Å². The van der Waals surface area contributed by atoms with Crippen molar-refractivity contribution in [1.82, 2.24) is 5.32 Å². The zero-order valence-corrected chi connectivity index (χ0v) is 9.30. The molecular formula is C13H19N. The Labute approximate surface area is 86.5 Å². The number of nitrogens with one attached hydrogen (secondary N) is 1. The lowest BCUT2D eigenvalue weighted by molar-refractivity contribution is 0.437. The molecule has 1 nitrogen and oxygen atoms in total. The molecule has 0 aliphatic carbocycles. The summed E-state index contributed by atoms with van der Waals surface area (Å²) >= 11 is 0. The van der Waals surface area contributed by atoms with E-state index in [4.69, 9.17) is 0 Å². The van der Waals surface area contributed by atoms with Gasteiger partial charge in [-0.25, -0.2) is 0 Å². The molecule has 0 radical (unpaired) electrons. The molecule has 0 unspecified atom stereocenters. The second-order valence-electron chi connectivity index (χ2n) is 5.19. The van der Waals surface area contributed by atoms with Crippen LogP contribution in [0.4, 0.5) is 0 Å². The molecule has 1 aliphatic heterocycles. The maximum Gasteiger partial charge on any atom is 0.00914 e. The third kappa shape index (κ3) is 1.69. The van der Waals surface area contributed by atoms with Gasteiger partial charge in [0, 0.05) is 19.0 Å². The van der Waals surface area contributed by atoms with Crippen LogP contribution in [0.2, 0.25) is 0 Å². The van der Waals surface area contributed by atoms with Gasteiger partial charge in [0.2, 0.25) is 0 Å². The fourth-order valence-electron chi connectivity index (χ4n) is 2.04. The van der Waals surface area contributed by atoms with E-state index >= 15 is 0 Å². The summed E-state index contributed by atoms with van der Waals surface area (Å²) in [5.41, 5.74) is 3.32. The fraction of sp³-hybridized carbons (Fsp3) is 0.538. The smallest absolute Gasteiger partial charge is 0.00914 e. The summed E-state index contributed by atoms with van der Waals surface area (Å²) in [6.45, 7) is 9.16. The van der Waals surface area contributed by atoms with Gasteiger partial charge in [-0.05, 0) is 16.5 Å². The molecule has 0 atom stereocenters. The zero-order valence-electron chi connectivity index (χ0n) is 9.30. The number of hydrogen-bond donors (Lipinski definition) is 1. The van der Waals surface area contributed by atoms with Gasteiger partial charge >= 0.3 is 0 Å². The molecule has 1 aromatic rings. The summed E-state index contributed by atoms with van der Waals surface area (Å²) in [5, 5.41) is 3.34. The molecule has 1 heteroatoms. The molecule has 14 heavy (non-hydrogen) atoms. The summed E-state index contributed by atoms with van der Waals surface area (Å²) in [6.07, 6.45) is 0. The molecule has 0 spiro atoms. The monoisotopic (exact) mass is 189 g/mol. The zero-order chi connectivity index (χ0) is 10.2. The van der Waals surface area contributed by atoms with Crippen LogP contribution in [0.25, 0.3) is 0 Å². The summed E-state index contributed by atoms with van der Waals surface area (Å²) in [4.78, 5) is 0. The Morgan fingerprint density at radius 3 is 2.29 bits per heavy atom. The van der Waals surface area contributed by atoms with Crippen molar-refractivity contribution in [2.75, 3.05) is 13.1 Å². The van der Waals surface area contributed by atoms with Crippen LogP contribution in [0.15, 0.2) is 24.3 Å². The Hall–Kier alpha value is -0.820. The van der Waals surface area contributed by atoms with Gasteiger partial charge in [0.25, 0.3) is 0 Å². The van der Waals surface area contributed by atoms with Crippen molar-refractivity contribution in [2.24, 2.45) is 0 Å². The molecule has 1 saturated heterocycles. The molecule has 1 N–H and O–H groups in total. The molecule has 76 valence electrons. The quantitative estimate of drug-likeness (QED) is 0.716. The minimum atomic E-state index is 0.270. The van der Waals surface area contributed by atoms with E-state index in [1.165, 1.54) is 5.56 Å². The third-order valence-corrected chi connectivity index (χ3v) is 2.99. The van der Waals surface area contributed by atoms with Gasteiger partial charge in [-0.3, -0.25) is 0 Å². The topological polar surface area (TPSA) is 12.0 Å². The van der Waals surface area contributed by atoms with Crippen LogP contribution in [-0.4, -0.2) is 13.1 Å². The van der Waals surface area contributed by atoms with Crippen LogP contribution in [-0.2, 0) is 5.41 Å². The Kier molecular flexibility index (Phi) is 2.36. The lowest BCUT2D eigenvalue weighted by atomic mass is 9.78. The van der Waals surface area contributed by atoms with E-state index in [0.717, 1.165) is 19.0 Å². The first-order valence-electron chi connectivity index (χ1n) is 5.39. The maximum atomic E-state index is 3.34. The largest absolute Gasteiger partial charge is 0.315 e. The van der Waals surface area contributed by atoms with E-state index in [9.17, 15) is 0 Å². The number of hydrogen-bond acceptors (Lipinski definition) is 1. The van der Waals surface area contributed by atoms with Crippen LogP contribution in [0.5, 0.6) is 0 Å². The lowest BCUT2D eigenvalue weighted by Gasteiger charge is -2.33. The number of benzene rings is 1. The average molecular weight is 189 g/mol. The molecule has 1 fully saturated rings. The minimum absolute atomic E-state index is 0.270. The van der Waals surface area contributed by atoms with Gasteiger partial charge in [-0.1, -0.05) is 45.0 Å². The molecular weight excluding hydrogens is 170 g/mol. The Bertz CT molecular complexity index is 318. The average Bonchev–Trinajstić information content (AvgIpc) is 2.00. The molecule has 2 rings (SSSR count). The minimum Gasteiger partial charge on any atom is -0.315 e. The summed E-state index contributed by atoms with van der Waals surface area (Å²) in [6, 6.07) is 8.86. The van der Waals surface area contributed by atoms with Gasteiger partial charge in [-0.2, -0.15) is 0 Å². The lowest BCUT2D eigenvalue weighted by Crippen LogP contribution is -2.41. The van der Waals surface area contributed by atoms with E-state index < -0.39 is 0 Å². The first kappa shape index (κ1) is 9.72. The molecule has 0 bridgehead atoms. The van der Waals surface area contributed by atoms with Crippen molar-refractivity contribution in [3.63, 3.8) is 0 Å². The van der Waals surface area contributed by atoms with E-state index in [-0.39, 0.29) is 5.41 Å². The summed E-state index contributed by atoms with van der Waals surface area (Å²) < 4.78 is 0. The molecule has 1 aromatic carbocycles. The second kappa shape index (κ2) is 3.39. The molecule has 1 heterocycles. The van der Waals surface area contributed by atoms with Crippen LogP contribution in [0, 0.1) is 0 Å². The van der Waals surface area contributed by atoms with Crippen molar-refractivity contribution in [2.45, 2.75) is 32.1 Å². The van der Waals surface area contributed by atoms with Crippen LogP contribution < -0.4 is 5.32 Å². The molecule has 0 aromatic heterocycles. The van der Waals surface area contributed by atoms with Crippen molar-refractivity contribution in [1.29, 1.82) is 0 Å². The normalized spacial score (nSPS) is 17.9. The van der Waals surface area contributed by atoms with Crippen molar-refractivity contribution >= 4 is 0 Å². The van der Waals surface area contributed by atoms with Gasteiger partial charge in [0.05, 0.1) is 0 Å². The van der Waals surface area contributed by atoms with Gasteiger partial charge < -0.3 is 5.32 Å². The van der Waals surface area contributed by atoms with Crippen LogP contribution >= 0.6 is 0 Å². The van der Waals surface area contributed by atoms with Crippen molar-refractivity contribution in [3.8, 4) is 0 Å². The SMILES string of the molecule is CC(C)(C)c1ccccc1C1CNC1. The summed E-state index contributed by atoms with van der Waals surface area (Å²) in [7, 11) is 0. The van der Waals surface area contributed by atoms with Crippen LogP contribution in [0.3, 0.4) is 0 Å². The third-order valence-electron chi connectivity index (χ3n) is 2.99. The van der Waals surface area contributed by atoms with Crippen LogP contribution in [0.1, 0.15) is 37.8 Å². The van der Waals surface area contributed by atoms with Crippen molar-refractivity contribution in [3.05, 3.63) is 35.4 Å². The predicted molar refractivity (Wildman–Crippen MR) is 60.8 cm³/mol. The highest BCUT2D eigenvalue weighted by Crippen LogP contribution is 2.31. The highest BCUT2D eigenvalue weighted by Gasteiger charge is 2.25.